The maximum atomic E-state index is 13.2. The van der Waals surface area contributed by atoms with Gasteiger partial charge in [0.1, 0.15) is 42.1 Å². The number of carbonyl (C=O) groups is 4. The first kappa shape index (κ1) is 105. The molecular weight excluding hydrogens is 2090 g/mol. The highest BCUT2D eigenvalue weighted by atomic mass is 35.5. The quantitative estimate of drug-likeness (QED) is 0.0199. The number of likely N-dealkylation sites (N-methyl/N-ethyl adjacent to an activating group) is 1. The number of nitrogens with one attached hydrogen (secondary N) is 12. The van der Waals surface area contributed by atoms with Gasteiger partial charge >= 0.3 is 24.1 Å². The maximum absolute atomic E-state index is 13.2. The van der Waals surface area contributed by atoms with Crippen molar-refractivity contribution < 1.29 is 52.8 Å². The van der Waals surface area contributed by atoms with Crippen molar-refractivity contribution in [1.82, 2.24) is 66.9 Å². The Labute approximate surface area is 860 Å². The van der Waals surface area contributed by atoms with Crippen LogP contribution in [0, 0.1) is 5.92 Å². The van der Waals surface area contributed by atoms with Crippen LogP contribution in [0.2, 0.25) is 17.3 Å². The van der Waals surface area contributed by atoms with Gasteiger partial charge in [0, 0.05) is 84.8 Å². The molecule has 8 amide bonds. The largest absolute Gasteiger partial charge is 0.385 e. The number of urea groups is 4. The van der Waals surface area contributed by atoms with E-state index in [1.165, 1.54) is 124 Å². The Morgan fingerprint density at radius 3 is 0.868 bits per heavy atom. The van der Waals surface area contributed by atoms with Gasteiger partial charge < -0.3 is 52.3 Å². The summed E-state index contributed by atoms with van der Waals surface area (Å²) in [5, 5.41) is 25.1. The van der Waals surface area contributed by atoms with Gasteiger partial charge in [-0.1, -0.05) is 59.7 Å². The predicted octanol–water partition coefficient (Wildman–Crippen LogP) is 17.0. The number of piperidine rings is 1. The lowest BCUT2D eigenvalue weighted by molar-refractivity contribution is 0.237. The van der Waals surface area contributed by atoms with E-state index < -0.39 is 64.2 Å². The lowest BCUT2D eigenvalue weighted by Gasteiger charge is -2.26. The van der Waals surface area contributed by atoms with E-state index in [1.54, 1.807) is 121 Å². The first-order chi connectivity index (χ1) is 68.9. The third-order valence-electron chi connectivity index (χ3n) is 21.8. The minimum Gasteiger partial charge on any atom is -0.385 e. The molecule has 1 saturated heterocycles. The number of likely N-dealkylation sites (tertiary alicyclic amines) is 1. The molecule has 50 heteroatoms. The Morgan fingerprint density at radius 2 is 0.611 bits per heavy atom. The molecule has 1 saturated carbocycles. The molecule has 12 N–H and O–H groups in total. The van der Waals surface area contributed by atoms with Gasteiger partial charge in [0.2, 0.25) is 0 Å². The summed E-state index contributed by atoms with van der Waals surface area (Å²) < 4.78 is 112. The van der Waals surface area contributed by atoms with Gasteiger partial charge in [-0.3, -0.25) is 37.4 Å². The van der Waals surface area contributed by atoms with E-state index in [0.717, 1.165) is 133 Å². The molecule has 0 atom stereocenters. The highest BCUT2D eigenvalue weighted by Crippen LogP contribution is 2.33. The Morgan fingerprint density at radius 1 is 0.347 bits per heavy atom. The number of amides is 8. The molecule has 0 spiro atoms. The van der Waals surface area contributed by atoms with Crippen molar-refractivity contribution in [2.24, 2.45) is 5.92 Å². The summed E-state index contributed by atoms with van der Waals surface area (Å²) in [6.07, 6.45) is 13.2. The number of benzene rings is 8. The lowest BCUT2D eigenvalue weighted by Crippen LogP contribution is -2.33. The molecule has 1 aliphatic carbocycles. The van der Waals surface area contributed by atoms with Gasteiger partial charge in [-0.25, -0.2) is 91.7 Å². The molecular formula is C94H90Cl4N22O16S8. The number of hydrogen-bond donors (Lipinski definition) is 12. The third-order valence-corrected chi connectivity index (χ3v) is 34.0. The smallest absolute Gasteiger partial charge is 0.333 e. The molecule has 9 heterocycles. The van der Waals surface area contributed by atoms with Crippen molar-refractivity contribution in [3.63, 3.8) is 0 Å². The number of halogens is 4. The fraction of sp³-hybridized carbons (Fsp3) is 0.191. The average Bonchev–Trinajstić information content (AvgIpc) is 1.45. The van der Waals surface area contributed by atoms with Crippen LogP contribution >= 0.6 is 91.8 Å². The van der Waals surface area contributed by atoms with Crippen LogP contribution in [0.25, 0.3) is 66.4 Å². The second kappa shape index (κ2) is 46.8. The van der Waals surface area contributed by atoms with Gasteiger partial charge in [0.15, 0.2) is 0 Å². The summed E-state index contributed by atoms with van der Waals surface area (Å²) in [7, 11) is -12.1. The molecule has 16 aromatic rings. The Balaban J connectivity index is 0.000000145. The molecule has 0 unspecified atom stereocenters. The molecule has 1 aliphatic heterocycles. The number of aromatic nitrogens is 8. The van der Waals surface area contributed by atoms with E-state index >= 15 is 0 Å². The summed E-state index contributed by atoms with van der Waals surface area (Å²) in [6.45, 7) is 9.58. The number of anilines is 8. The number of thiophene rings is 4. The number of sulfonamides is 4. The number of carbonyl (C=O) groups excluding carboxylic acids is 4. The molecule has 2 fully saturated rings. The maximum Gasteiger partial charge on any atom is 0.333 e. The van der Waals surface area contributed by atoms with Crippen LogP contribution in [0.1, 0.15) is 45.4 Å². The number of rotatable bonds is 30. The fourth-order valence-electron chi connectivity index (χ4n) is 14.4. The Hall–Kier alpha value is -13.7. The zero-order chi connectivity index (χ0) is 102. The first-order valence-electron chi connectivity index (χ1n) is 44.1. The van der Waals surface area contributed by atoms with Gasteiger partial charge in [0.05, 0.1) is 83.7 Å². The van der Waals surface area contributed by atoms with E-state index in [9.17, 15) is 72.0 Å². The molecule has 18 rings (SSSR count). The molecule has 8 aromatic heterocycles. The Bertz CT molecular complexity index is 8210. The van der Waals surface area contributed by atoms with Crippen molar-refractivity contribution in [3.8, 4) is 22.7 Å². The summed E-state index contributed by atoms with van der Waals surface area (Å²) in [4.78, 5) is 123. The zero-order valence-electron chi connectivity index (χ0n) is 76.4. The minimum absolute atomic E-state index is 0.0676. The highest BCUT2D eigenvalue weighted by Gasteiger charge is 2.27. The molecule has 0 radical (unpaired) electrons. The van der Waals surface area contributed by atoms with Crippen LogP contribution in [0.5, 0.6) is 0 Å². The molecule has 8 aromatic carbocycles. The standard InChI is InChI=1S/C26H27ClN6O4S2.C23H23ClN6O4S2.C23H20ClN5O4S2.C22H20ClN5O4S2/c27-23-10-11-24(38-23)39(36,37)31-26(35)30-18-4-7-20(8-5-18)33-17-29-22-16-19(6-9-21(22)25(33)34)28-12-15-32-13-2-1-3-14-32;1-29(2)12-11-25-16-5-8-18-19(13-16)26-14-30(22(18)31)17-6-3-15(4-7-17)27-23(32)28-36(33,34)21-10-9-20(24)35-21;24-20-9-10-21(34-20)35(32,33)28-23(31)27-15-3-6-17(7-4-15)29-13-26-19-11-16(25-12-14-1-2-14)5-8-18(19)22(29)30;1-2-11-24-15-5-8-17-18(12-15)25-13-28(21(17)29)16-6-3-14(4-7-16)26-22(30)27-34(31,32)20-10-9-19(23)33-20/h4-11,16-17,28H,1-3,12-15H2,(H2,30,31,35);3-10,13-14,25H,11-12H2,1-2H3,(H2,27,28,32);3-11,13-14,25H,1-2,12H2,(H2,27,28,31);3-10,12-13,24H,2,11H2,1H3,(H2,26,27,30). The van der Waals surface area contributed by atoms with Gasteiger partial charge in [0.25, 0.3) is 62.3 Å². The second-order valence-corrected chi connectivity index (χ2v) is 47.1. The minimum atomic E-state index is -4.04. The van der Waals surface area contributed by atoms with Gasteiger partial charge in [-0.2, -0.15) is 0 Å². The Kier molecular flexibility index (Phi) is 34.0. The summed E-state index contributed by atoms with van der Waals surface area (Å²) in [5.41, 5.74) is 8.64. The van der Waals surface area contributed by atoms with Crippen molar-refractivity contribution in [3.05, 3.63) is 302 Å². The molecule has 0 bridgehead atoms. The van der Waals surface area contributed by atoms with E-state index in [2.05, 4.69) is 79.2 Å². The van der Waals surface area contributed by atoms with Crippen molar-refractivity contribution in [2.75, 3.05) is 109 Å². The molecule has 2 aliphatic rings. The van der Waals surface area contributed by atoms with Crippen molar-refractivity contribution >= 4 is 245 Å². The van der Waals surface area contributed by atoms with Crippen LogP contribution < -0.4 is 83.7 Å². The first-order valence-corrected chi connectivity index (χ1v) is 54.8. The second-order valence-electron chi connectivity index (χ2n) is 32.6. The highest BCUT2D eigenvalue weighted by molar-refractivity contribution is 7.93. The van der Waals surface area contributed by atoms with Crippen LogP contribution in [-0.2, 0) is 40.1 Å². The van der Waals surface area contributed by atoms with Crippen LogP contribution in [0.3, 0.4) is 0 Å². The molecule has 748 valence electrons. The summed E-state index contributed by atoms with van der Waals surface area (Å²) in [6, 6.07) is 54.7. The predicted molar refractivity (Wildman–Crippen MR) is 570 cm³/mol. The zero-order valence-corrected chi connectivity index (χ0v) is 85.9. The topological polar surface area (TPSA) is 495 Å². The van der Waals surface area contributed by atoms with Gasteiger partial charge in [-0.15, -0.1) is 45.3 Å². The number of nitrogens with zero attached hydrogens (tertiary/aromatic N) is 10. The summed E-state index contributed by atoms with van der Waals surface area (Å²) in [5.74, 6) is 0.736. The van der Waals surface area contributed by atoms with Crippen molar-refractivity contribution in [1.29, 1.82) is 0 Å². The van der Waals surface area contributed by atoms with Crippen LogP contribution in [0.4, 0.5) is 64.7 Å². The van der Waals surface area contributed by atoms with Crippen LogP contribution in [-0.4, -0.2) is 172 Å². The summed E-state index contributed by atoms with van der Waals surface area (Å²) >= 11 is 26.5. The van der Waals surface area contributed by atoms with E-state index in [1.807, 2.05) is 81.5 Å². The monoisotopic (exact) mass is 2180 g/mol. The normalized spacial score (nSPS) is 12.7. The van der Waals surface area contributed by atoms with Crippen molar-refractivity contribution in [2.45, 2.75) is 62.3 Å². The lowest BCUT2D eigenvalue weighted by atomic mass is 10.1. The number of hydrogen-bond acceptors (Lipinski definition) is 30. The SMILES string of the molecule is CCCNc1ccc2c(=O)n(-c3ccc(NC(=O)NS(=O)(=O)c4ccc(Cl)s4)cc3)cnc2c1.CN(C)CCNc1ccc2c(=O)n(-c3ccc(NC(=O)NS(=O)(=O)c4ccc(Cl)s4)cc3)cnc2c1.O=C(Nc1ccc(-n2cnc3cc(NCC4CC4)ccc3c2=O)cc1)NS(=O)(=O)c1ccc(Cl)s1.O=C(Nc1ccc(-n2cnc3cc(NCCN4CCCCC4)ccc3c2=O)cc1)NS(=O)(=O)c1ccc(Cl)s1. The van der Waals surface area contributed by atoms with E-state index in [0.29, 0.717) is 106 Å². The number of fused-ring (bicyclic) bond motifs is 4. The van der Waals surface area contributed by atoms with E-state index in [-0.39, 0.29) is 39.1 Å². The van der Waals surface area contributed by atoms with Crippen LogP contribution in [0.15, 0.2) is 280 Å². The van der Waals surface area contributed by atoms with Gasteiger partial charge in [-0.05, 0) is 284 Å². The third kappa shape index (κ3) is 27.6. The average molecular weight is 2180 g/mol. The fourth-order valence-corrected chi connectivity index (χ4v) is 23.9. The molecule has 144 heavy (non-hydrogen) atoms. The van der Waals surface area contributed by atoms with E-state index in [4.69, 9.17) is 46.4 Å². The molecule has 38 nitrogen and oxygen atoms in total.